The van der Waals surface area contributed by atoms with Gasteiger partial charge in [-0.05, 0) is 48.6 Å². The highest BCUT2D eigenvalue weighted by Crippen LogP contribution is 2.48. The lowest BCUT2D eigenvalue weighted by molar-refractivity contribution is -0.132. The van der Waals surface area contributed by atoms with E-state index in [9.17, 15) is 9.18 Å². The number of nitrogens with zero attached hydrogens (tertiary/aromatic N) is 4. The lowest BCUT2D eigenvalue weighted by Gasteiger charge is -2.22. The summed E-state index contributed by atoms with van der Waals surface area (Å²) in [4.78, 5) is 17.0. The first-order chi connectivity index (χ1) is 12.2. The Morgan fingerprint density at radius 1 is 1.08 bits per heavy atom. The molecule has 1 saturated carbocycles. The second-order valence-corrected chi connectivity index (χ2v) is 6.75. The highest BCUT2D eigenvalue weighted by molar-refractivity contribution is 5.83. The minimum absolute atomic E-state index is 0.0496. The number of benzene rings is 1. The molecule has 2 fully saturated rings. The second-order valence-electron chi connectivity index (χ2n) is 6.75. The molecule has 1 aliphatic heterocycles. The Morgan fingerprint density at radius 3 is 2.68 bits per heavy atom. The van der Waals surface area contributed by atoms with Gasteiger partial charge < -0.3 is 9.80 Å². The third-order valence-electron chi connectivity index (χ3n) is 5.10. The topological polar surface area (TPSA) is 49.3 Å². The van der Waals surface area contributed by atoms with E-state index >= 15 is 0 Å². The molecule has 1 aromatic heterocycles. The Hall–Kier alpha value is -2.50. The van der Waals surface area contributed by atoms with Gasteiger partial charge in [0, 0.05) is 38.3 Å². The minimum atomic E-state index is -0.233. The SMILES string of the molecule is O=C([C@@H]1C[C@@H]1c1ccc(F)cc1)N1CCCN(c2cccnn2)CC1. The van der Waals surface area contributed by atoms with Crippen LogP contribution in [0, 0.1) is 11.7 Å². The van der Waals surface area contributed by atoms with Crippen molar-refractivity contribution in [2.24, 2.45) is 5.92 Å². The normalized spacial score (nSPS) is 23.2. The molecule has 2 aromatic rings. The van der Waals surface area contributed by atoms with Crippen molar-refractivity contribution < 1.29 is 9.18 Å². The van der Waals surface area contributed by atoms with Crippen LogP contribution in [0.1, 0.15) is 24.3 Å². The van der Waals surface area contributed by atoms with Crippen LogP contribution >= 0.6 is 0 Å². The highest BCUT2D eigenvalue weighted by atomic mass is 19.1. The summed E-state index contributed by atoms with van der Waals surface area (Å²) in [6.07, 6.45) is 3.46. The predicted octanol–water partition coefficient (Wildman–Crippen LogP) is 2.46. The number of hydrogen-bond donors (Lipinski definition) is 0. The molecule has 2 atom stereocenters. The van der Waals surface area contributed by atoms with E-state index in [4.69, 9.17) is 0 Å². The van der Waals surface area contributed by atoms with E-state index < -0.39 is 0 Å². The average molecular weight is 340 g/mol. The summed E-state index contributed by atoms with van der Waals surface area (Å²) in [6, 6.07) is 10.4. The lowest BCUT2D eigenvalue weighted by Crippen LogP contribution is -2.36. The maximum atomic E-state index is 13.0. The largest absolute Gasteiger partial charge is 0.353 e. The van der Waals surface area contributed by atoms with Crippen molar-refractivity contribution in [2.75, 3.05) is 31.1 Å². The third-order valence-corrected chi connectivity index (χ3v) is 5.10. The maximum absolute atomic E-state index is 13.0. The monoisotopic (exact) mass is 340 g/mol. The number of halogens is 1. The van der Waals surface area contributed by atoms with Gasteiger partial charge in [0.05, 0.1) is 0 Å². The fraction of sp³-hybridized carbons (Fsp3) is 0.421. The van der Waals surface area contributed by atoms with Gasteiger partial charge in [-0.15, -0.1) is 5.10 Å². The highest BCUT2D eigenvalue weighted by Gasteiger charge is 2.45. The summed E-state index contributed by atoms with van der Waals surface area (Å²) in [5.41, 5.74) is 1.07. The molecule has 0 bridgehead atoms. The zero-order valence-electron chi connectivity index (χ0n) is 14.0. The Morgan fingerprint density at radius 2 is 1.92 bits per heavy atom. The van der Waals surface area contributed by atoms with Crippen molar-refractivity contribution >= 4 is 11.7 Å². The molecule has 2 heterocycles. The quantitative estimate of drug-likeness (QED) is 0.861. The van der Waals surface area contributed by atoms with E-state index in [0.717, 1.165) is 43.9 Å². The summed E-state index contributed by atoms with van der Waals surface area (Å²) >= 11 is 0. The van der Waals surface area contributed by atoms with Gasteiger partial charge in [0.15, 0.2) is 5.82 Å². The molecule has 1 saturated heterocycles. The first-order valence-electron chi connectivity index (χ1n) is 8.79. The lowest BCUT2D eigenvalue weighted by atomic mass is 10.1. The number of carbonyl (C=O) groups is 1. The van der Waals surface area contributed by atoms with Crippen LogP contribution in [0.4, 0.5) is 10.2 Å². The minimum Gasteiger partial charge on any atom is -0.353 e. The first kappa shape index (κ1) is 16.0. The van der Waals surface area contributed by atoms with Crippen LogP contribution in [-0.4, -0.2) is 47.2 Å². The number of hydrogen-bond acceptors (Lipinski definition) is 4. The molecule has 25 heavy (non-hydrogen) atoms. The molecule has 1 aliphatic carbocycles. The van der Waals surface area contributed by atoms with Crippen molar-refractivity contribution in [3.8, 4) is 0 Å². The van der Waals surface area contributed by atoms with Crippen LogP contribution in [0.2, 0.25) is 0 Å². The van der Waals surface area contributed by atoms with Gasteiger partial charge in [0.1, 0.15) is 5.82 Å². The van der Waals surface area contributed by atoms with E-state index in [1.54, 1.807) is 18.3 Å². The van der Waals surface area contributed by atoms with Crippen LogP contribution in [0.3, 0.4) is 0 Å². The fourth-order valence-electron chi connectivity index (χ4n) is 3.61. The van der Waals surface area contributed by atoms with Crippen molar-refractivity contribution in [1.82, 2.24) is 15.1 Å². The summed E-state index contributed by atoms with van der Waals surface area (Å²) in [5.74, 6) is 1.16. The van der Waals surface area contributed by atoms with Gasteiger partial charge >= 0.3 is 0 Å². The number of aromatic nitrogens is 2. The molecule has 2 aliphatic rings. The molecule has 0 radical (unpaired) electrons. The van der Waals surface area contributed by atoms with Gasteiger partial charge in [-0.1, -0.05) is 12.1 Å². The Labute approximate surface area is 146 Å². The van der Waals surface area contributed by atoms with Gasteiger partial charge in [0.25, 0.3) is 0 Å². The summed E-state index contributed by atoms with van der Waals surface area (Å²) in [5, 5.41) is 8.10. The zero-order chi connectivity index (χ0) is 17.2. The van der Waals surface area contributed by atoms with Gasteiger partial charge in [-0.3, -0.25) is 4.79 Å². The van der Waals surface area contributed by atoms with Crippen LogP contribution in [0.15, 0.2) is 42.6 Å². The molecular formula is C19H21FN4O. The molecule has 1 amide bonds. The number of rotatable bonds is 3. The number of carbonyl (C=O) groups excluding carboxylic acids is 1. The Kier molecular flexibility index (Phi) is 4.34. The standard InChI is InChI=1S/C19H21FN4O/c20-15-6-4-14(5-7-15)16-13-17(16)19(25)24-10-2-9-23(11-12-24)18-3-1-8-21-22-18/h1,3-8,16-17H,2,9-13H2/t16-,17-/m1/s1. The molecule has 6 heteroatoms. The van der Waals surface area contributed by atoms with E-state index in [-0.39, 0.29) is 23.6 Å². The van der Waals surface area contributed by atoms with E-state index in [1.807, 2.05) is 17.0 Å². The molecule has 130 valence electrons. The summed E-state index contributed by atoms with van der Waals surface area (Å²) < 4.78 is 13.0. The van der Waals surface area contributed by atoms with Gasteiger partial charge in [-0.25, -0.2) is 4.39 Å². The van der Waals surface area contributed by atoms with Crippen LogP contribution in [0.25, 0.3) is 0 Å². The summed E-state index contributed by atoms with van der Waals surface area (Å²) in [6.45, 7) is 3.15. The zero-order valence-corrected chi connectivity index (χ0v) is 14.0. The smallest absolute Gasteiger partial charge is 0.226 e. The predicted molar refractivity (Wildman–Crippen MR) is 92.7 cm³/mol. The molecule has 0 spiro atoms. The van der Waals surface area contributed by atoms with E-state index in [1.165, 1.54) is 12.1 Å². The number of amides is 1. The van der Waals surface area contributed by atoms with E-state index in [2.05, 4.69) is 15.1 Å². The van der Waals surface area contributed by atoms with Crippen LogP contribution < -0.4 is 4.90 Å². The van der Waals surface area contributed by atoms with Crippen molar-refractivity contribution in [1.29, 1.82) is 0 Å². The summed E-state index contributed by atoms with van der Waals surface area (Å²) in [7, 11) is 0. The van der Waals surface area contributed by atoms with Crippen molar-refractivity contribution in [3.05, 3.63) is 54.0 Å². The average Bonchev–Trinajstić information content (AvgIpc) is 3.46. The van der Waals surface area contributed by atoms with Crippen LogP contribution in [0.5, 0.6) is 0 Å². The van der Waals surface area contributed by atoms with Gasteiger partial charge in [0.2, 0.25) is 5.91 Å². The number of anilines is 1. The molecular weight excluding hydrogens is 319 g/mol. The molecule has 5 nitrogen and oxygen atoms in total. The van der Waals surface area contributed by atoms with E-state index in [0.29, 0.717) is 6.54 Å². The molecule has 1 aromatic carbocycles. The van der Waals surface area contributed by atoms with Crippen LogP contribution in [-0.2, 0) is 4.79 Å². The van der Waals surface area contributed by atoms with Gasteiger partial charge in [-0.2, -0.15) is 5.10 Å². The fourth-order valence-corrected chi connectivity index (χ4v) is 3.61. The molecule has 4 rings (SSSR count). The second kappa shape index (κ2) is 6.78. The molecule has 0 unspecified atom stereocenters. The first-order valence-corrected chi connectivity index (χ1v) is 8.79. The maximum Gasteiger partial charge on any atom is 0.226 e. The van der Waals surface area contributed by atoms with Crippen molar-refractivity contribution in [3.63, 3.8) is 0 Å². The molecule has 0 N–H and O–H groups in total. The van der Waals surface area contributed by atoms with Crippen molar-refractivity contribution in [2.45, 2.75) is 18.8 Å². The Bertz CT molecular complexity index is 737. The Balaban J connectivity index is 1.36. The third kappa shape index (κ3) is 3.48.